The summed E-state index contributed by atoms with van der Waals surface area (Å²) in [6, 6.07) is 17.8. The predicted octanol–water partition coefficient (Wildman–Crippen LogP) is 4.30. The Kier molecular flexibility index (Phi) is 7.21. The van der Waals surface area contributed by atoms with Crippen molar-refractivity contribution in [3.05, 3.63) is 54.6 Å². The van der Waals surface area contributed by atoms with Crippen molar-refractivity contribution < 1.29 is 4.74 Å². The van der Waals surface area contributed by atoms with Crippen molar-refractivity contribution in [3.8, 4) is 40.6 Å². The zero-order chi connectivity index (χ0) is 22.2. The fourth-order valence-electron chi connectivity index (χ4n) is 3.96. The van der Waals surface area contributed by atoms with E-state index in [0.29, 0.717) is 13.2 Å². The van der Waals surface area contributed by atoms with Crippen LogP contribution in [0.5, 0.6) is 5.75 Å². The SMILES string of the molecule is C#CCNc1ccccc1-c1cc(-c2ccc(OCCN3CCCCC3)cc2)nc(N)n1. The molecule has 2 aromatic carbocycles. The molecule has 1 aliphatic heterocycles. The number of nitrogens with zero attached hydrogens (tertiary/aromatic N) is 3. The molecule has 4 rings (SSSR count). The zero-order valence-corrected chi connectivity index (χ0v) is 18.3. The van der Waals surface area contributed by atoms with Gasteiger partial charge >= 0.3 is 0 Å². The topological polar surface area (TPSA) is 76.3 Å². The van der Waals surface area contributed by atoms with Crippen molar-refractivity contribution >= 4 is 11.6 Å². The Balaban J connectivity index is 1.47. The molecule has 1 fully saturated rings. The number of aromatic nitrogens is 2. The Bertz CT molecular complexity index is 1070. The molecular weight excluding hydrogens is 398 g/mol. The maximum Gasteiger partial charge on any atom is 0.221 e. The van der Waals surface area contributed by atoms with Crippen LogP contribution in [0.15, 0.2) is 54.6 Å². The van der Waals surface area contributed by atoms with Crippen molar-refractivity contribution in [2.45, 2.75) is 19.3 Å². The van der Waals surface area contributed by atoms with Crippen LogP contribution in [0.3, 0.4) is 0 Å². The Labute approximate surface area is 189 Å². The molecule has 0 amide bonds. The van der Waals surface area contributed by atoms with Crippen molar-refractivity contribution in [3.63, 3.8) is 0 Å². The Morgan fingerprint density at radius 3 is 2.53 bits per heavy atom. The van der Waals surface area contributed by atoms with Crippen LogP contribution >= 0.6 is 0 Å². The lowest BCUT2D eigenvalue weighted by Gasteiger charge is -2.26. The van der Waals surface area contributed by atoms with Gasteiger partial charge in [-0.05, 0) is 62.3 Å². The van der Waals surface area contributed by atoms with Crippen LogP contribution in [0.1, 0.15) is 19.3 Å². The predicted molar refractivity (Wildman–Crippen MR) is 130 cm³/mol. The highest BCUT2D eigenvalue weighted by molar-refractivity contribution is 5.78. The summed E-state index contributed by atoms with van der Waals surface area (Å²) in [7, 11) is 0. The van der Waals surface area contributed by atoms with Gasteiger partial charge in [0, 0.05) is 23.4 Å². The van der Waals surface area contributed by atoms with Gasteiger partial charge in [0.05, 0.1) is 17.9 Å². The Morgan fingerprint density at radius 2 is 1.75 bits per heavy atom. The molecule has 3 N–H and O–H groups in total. The second kappa shape index (κ2) is 10.7. The van der Waals surface area contributed by atoms with Gasteiger partial charge in [0.1, 0.15) is 12.4 Å². The zero-order valence-electron chi connectivity index (χ0n) is 18.3. The third-order valence-electron chi connectivity index (χ3n) is 5.60. The highest BCUT2D eigenvalue weighted by Gasteiger charge is 2.12. The Hall–Kier alpha value is -3.56. The maximum atomic E-state index is 6.05. The summed E-state index contributed by atoms with van der Waals surface area (Å²) >= 11 is 0. The van der Waals surface area contributed by atoms with E-state index in [1.165, 1.54) is 32.4 Å². The number of nitrogens with two attached hydrogens (primary N) is 1. The third-order valence-corrected chi connectivity index (χ3v) is 5.60. The molecule has 0 atom stereocenters. The van der Waals surface area contributed by atoms with Gasteiger partial charge in [-0.3, -0.25) is 4.90 Å². The van der Waals surface area contributed by atoms with Gasteiger partial charge in [0.15, 0.2) is 0 Å². The molecule has 3 aromatic rings. The molecule has 1 aliphatic rings. The first-order chi connectivity index (χ1) is 15.7. The molecule has 6 heteroatoms. The van der Waals surface area contributed by atoms with Crippen LogP contribution in [-0.4, -0.2) is 47.7 Å². The van der Waals surface area contributed by atoms with E-state index in [-0.39, 0.29) is 5.95 Å². The first-order valence-electron chi connectivity index (χ1n) is 11.1. The highest BCUT2D eigenvalue weighted by atomic mass is 16.5. The van der Waals surface area contributed by atoms with E-state index < -0.39 is 0 Å². The summed E-state index contributed by atoms with van der Waals surface area (Å²) in [4.78, 5) is 11.4. The van der Waals surface area contributed by atoms with Crippen molar-refractivity contribution in [2.75, 3.05) is 43.8 Å². The number of rotatable bonds is 8. The van der Waals surface area contributed by atoms with E-state index in [0.717, 1.165) is 40.5 Å². The number of piperidine rings is 1. The molecule has 0 aliphatic carbocycles. The van der Waals surface area contributed by atoms with E-state index in [2.05, 4.69) is 26.1 Å². The fourth-order valence-corrected chi connectivity index (χ4v) is 3.96. The summed E-state index contributed by atoms with van der Waals surface area (Å²) in [5, 5.41) is 3.23. The Morgan fingerprint density at radius 1 is 1.00 bits per heavy atom. The molecule has 0 unspecified atom stereocenters. The van der Waals surface area contributed by atoms with E-state index in [4.69, 9.17) is 16.9 Å². The molecule has 0 saturated carbocycles. The van der Waals surface area contributed by atoms with Crippen molar-refractivity contribution in [1.82, 2.24) is 14.9 Å². The average Bonchev–Trinajstić information content (AvgIpc) is 2.83. The minimum atomic E-state index is 0.228. The van der Waals surface area contributed by atoms with Gasteiger partial charge in [-0.1, -0.05) is 30.5 Å². The quantitative estimate of drug-likeness (QED) is 0.522. The summed E-state index contributed by atoms with van der Waals surface area (Å²) in [5.41, 5.74) is 10.3. The molecular formula is C26H29N5O. The van der Waals surface area contributed by atoms with Gasteiger partial charge < -0.3 is 15.8 Å². The van der Waals surface area contributed by atoms with Crippen molar-refractivity contribution in [1.29, 1.82) is 0 Å². The number of hydrogen-bond acceptors (Lipinski definition) is 6. The number of benzene rings is 2. The number of hydrogen-bond donors (Lipinski definition) is 2. The van der Waals surface area contributed by atoms with Crippen molar-refractivity contribution in [2.24, 2.45) is 0 Å². The molecule has 0 spiro atoms. The number of anilines is 2. The molecule has 1 aromatic heterocycles. The molecule has 32 heavy (non-hydrogen) atoms. The summed E-state index contributed by atoms with van der Waals surface area (Å²) in [5.74, 6) is 3.68. The summed E-state index contributed by atoms with van der Waals surface area (Å²) in [6.07, 6.45) is 9.34. The molecule has 164 valence electrons. The number of nitrogen functional groups attached to an aromatic ring is 1. The molecule has 0 bridgehead atoms. The number of nitrogens with one attached hydrogen (secondary N) is 1. The second-order valence-corrected chi connectivity index (χ2v) is 7.88. The lowest BCUT2D eigenvalue weighted by molar-refractivity contribution is 0.183. The van der Waals surface area contributed by atoms with Gasteiger partial charge in [-0.25, -0.2) is 9.97 Å². The first kappa shape index (κ1) is 21.7. The van der Waals surface area contributed by atoms with Gasteiger partial charge in [-0.2, -0.15) is 0 Å². The van der Waals surface area contributed by atoms with E-state index in [9.17, 15) is 0 Å². The maximum absolute atomic E-state index is 6.05. The van der Waals surface area contributed by atoms with Gasteiger partial charge in [-0.15, -0.1) is 6.42 Å². The number of terminal acetylenes is 1. The number of likely N-dealkylation sites (tertiary alicyclic amines) is 1. The van der Waals surface area contributed by atoms with Crippen LogP contribution in [0.2, 0.25) is 0 Å². The molecule has 1 saturated heterocycles. The molecule has 0 radical (unpaired) electrons. The minimum Gasteiger partial charge on any atom is -0.492 e. The lowest BCUT2D eigenvalue weighted by atomic mass is 10.1. The third kappa shape index (κ3) is 5.57. The smallest absolute Gasteiger partial charge is 0.221 e. The monoisotopic (exact) mass is 427 g/mol. The van der Waals surface area contributed by atoms with E-state index >= 15 is 0 Å². The molecule has 6 nitrogen and oxygen atoms in total. The fraction of sp³-hybridized carbons (Fsp3) is 0.308. The standard InChI is InChI=1S/C26H29N5O/c1-2-14-28-23-9-5-4-8-22(23)25-19-24(29-26(27)30-25)20-10-12-21(13-11-20)32-18-17-31-15-6-3-7-16-31/h1,4-5,8-13,19,28H,3,6-7,14-18H2,(H2,27,29,30). The van der Waals surface area contributed by atoms with Gasteiger partial charge in [0.25, 0.3) is 0 Å². The van der Waals surface area contributed by atoms with Crippen LogP contribution in [0, 0.1) is 12.3 Å². The number of ether oxygens (including phenoxy) is 1. The van der Waals surface area contributed by atoms with Gasteiger partial charge in [0.2, 0.25) is 5.95 Å². The van der Waals surface area contributed by atoms with Crippen LogP contribution < -0.4 is 15.8 Å². The summed E-state index contributed by atoms with van der Waals surface area (Å²) < 4.78 is 5.95. The van der Waals surface area contributed by atoms with E-state index in [1.54, 1.807) is 0 Å². The van der Waals surface area contributed by atoms with Crippen LogP contribution in [0.4, 0.5) is 11.6 Å². The van der Waals surface area contributed by atoms with Crippen LogP contribution in [0.25, 0.3) is 22.5 Å². The minimum absolute atomic E-state index is 0.228. The highest BCUT2D eigenvalue weighted by Crippen LogP contribution is 2.30. The molecule has 2 heterocycles. The summed E-state index contributed by atoms with van der Waals surface area (Å²) in [6.45, 7) is 4.47. The first-order valence-corrected chi connectivity index (χ1v) is 11.1. The second-order valence-electron chi connectivity index (χ2n) is 7.88. The average molecular weight is 428 g/mol. The van der Waals surface area contributed by atoms with Crippen LogP contribution in [-0.2, 0) is 0 Å². The number of para-hydroxylation sites is 1. The lowest BCUT2D eigenvalue weighted by Crippen LogP contribution is -2.33. The largest absolute Gasteiger partial charge is 0.492 e. The van der Waals surface area contributed by atoms with E-state index in [1.807, 2.05) is 54.6 Å². The normalized spacial score (nSPS) is 14.0.